The summed E-state index contributed by atoms with van der Waals surface area (Å²) in [6, 6.07) is 21.0. The van der Waals surface area contributed by atoms with Crippen LogP contribution in [-0.4, -0.2) is 9.85 Å². The van der Waals surface area contributed by atoms with Gasteiger partial charge in [0.1, 0.15) is 5.60 Å². The molecule has 1 fully saturated rings. The van der Waals surface area contributed by atoms with Gasteiger partial charge in [-0.15, -0.1) is 11.8 Å². The van der Waals surface area contributed by atoms with Crippen molar-refractivity contribution in [2.24, 2.45) is 11.8 Å². The van der Waals surface area contributed by atoms with Crippen molar-refractivity contribution in [3.8, 4) is 0 Å². The van der Waals surface area contributed by atoms with Crippen LogP contribution < -0.4 is 0 Å². The molecule has 3 rings (SSSR count). The fourth-order valence-electron chi connectivity index (χ4n) is 4.16. The third-order valence-electron chi connectivity index (χ3n) is 5.65. The van der Waals surface area contributed by atoms with E-state index in [9.17, 15) is 5.11 Å². The van der Waals surface area contributed by atoms with Gasteiger partial charge in [-0.3, -0.25) is 0 Å². The molecule has 0 saturated heterocycles. The highest BCUT2D eigenvalue weighted by Gasteiger charge is 2.67. The van der Waals surface area contributed by atoms with Gasteiger partial charge in [-0.2, -0.15) is 0 Å². The molecule has 3 atom stereocenters. The number of hydrogen-bond acceptors (Lipinski definition) is 2. The van der Waals surface area contributed by atoms with Crippen LogP contribution in [0.3, 0.4) is 0 Å². The average Bonchev–Trinajstić information content (AvgIpc) is 3.37. The van der Waals surface area contributed by atoms with E-state index < -0.39 is 5.60 Å². The molecular formula is C23H30OS. The van der Waals surface area contributed by atoms with E-state index in [0.29, 0.717) is 11.8 Å². The minimum atomic E-state index is -0.778. The Labute approximate surface area is 156 Å². The molecule has 0 heterocycles. The number of thioether (sulfide) groups is 1. The van der Waals surface area contributed by atoms with E-state index in [4.69, 9.17) is 0 Å². The predicted molar refractivity (Wildman–Crippen MR) is 108 cm³/mol. The summed E-state index contributed by atoms with van der Waals surface area (Å²) in [4.78, 5) is 1.26. The first kappa shape index (κ1) is 18.5. The van der Waals surface area contributed by atoms with Crippen molar-refractivity contribution in [3.05, 3.63) is 66.2 Å². The van der Waals surface area contributed by atoms with Crippen LogP contribution in [0.1, 0.15) is 52.0 Å². The Balaban J connectivity index is 2.02. The van der Waals surface area contributed by atoms with Gasteiger partial charge in [0.2, 0.25) is 0 Å². The van der Waals surface area contributed by atoms with E-state index in [2.05, 4.69) is 75.4 Å². The molecule has 0 radical (unpaired) electrons. The van der Waals surface area contributed by atoms with Gasteiger partial charge in [-0.1, -0.05) is 82.1 Å². The van der Waals surface area contributed by atoms with Gasteiger partial charge in [-0.05, 0) is 42.4 Å². The third-order valence-corrected chi connectivity index (χ3v) is 7.33. The van der Waals surface area contributed by atoms with Crippen LogP contribution in [0.2, 0.25) is 0 Å². The zero-order valence-corrected chi connectivity index (χ0v) is 16.4. The normalized spacial score (nSPS) is 24.9. The maximum atomic E-state index is 12.1. The van der Waals surface area contributed by atoms with Crippen LogP contribution >= 0.6 is 11.8 Å². The molecule has 2 heteroatoms. The van der Waals surface area contributed by atoms with Gasteiger partial charge < -0.3 is 5.11 Å². The number of aliphatic hydroxyl groups is 1. The summed E-state index contributed by atoms with van der Waals surface area (Å²) < 4.78 is -0.126. The smallest absolute Gasteiger partial charge is 0.105 e. The Morgan fingerprint density at radius 2 is 1.68 bits per heavy atom. The predicted octanol–water partition coefficient (Wildman–Crippen LogP) is 6.27. The lowest BCUT2D eigenvalue weighted by Crippen LogP contribution is -2.41. The standard InChI is InChI=1S/C23H30OS/c1-4-5-16-22(24,19-12-8-6-9-13-19)23(17-21(23)18(2)3)25-20-14-10-7-11-15-20/h6-15,18,21,24H,4-5,16-17H2,1-3H3/t21-,22-,23-/m1/s1. The van der Waals surface area contributed by atoms with Gasteiger partial charge >= 0.3 is 0 Å². The summed E-state index contributed by atoms with van der Waals surface area (Å²) in [5.74, 6) is 1.12. The molecule has 2 aromatic carbocycles. The van der Waals surface area contributed by atoms with E-state index in [0.717, 1.165) is 31.2 Å². The highest BCUT2D eigenvalue weighted by Crippen LogP contribution is 2.68. The minimum absolute atomic E-state index is 0.126. The van der Waals surface area contributed by atoms with Crippen molar-refractivity contribution >= 4 is 11.8 Å². The quantitative estimate of drug-likeness (QED) is 0.603. The second-order valence-corrected chi connectivity index (χ2v) is 9.09. The topological polar surface area (TPSA) is 20.2 Å². The van der Waals surface area contributed by atoms with Gasteiger partial charge in [-0.25, -0.2) is 0 Å². The van der Waals surface area contributed by atoms with E-state index in [1.807, 2.05) is 17.8 Å². The lowest BCUT2D eigenvalue weighted by Gasteiger charge is -2.39. The molecule has 134 valence electrons. The number of benzene rings is 2. The van der Waals surface area contributed by atoms with Crippen molar-refractivity contribution < 1.29 is 5.11 Å². The summed E-state index contributed by atoms with van der Waals surface area (Å²) >= 11 is 1.90. The fraction of sp³-hybridized carbons (Fsp3) is 0.478. The van der Waals surface area contributed by atoms with Crippen LogP contribution in [0.5, 0.6) is 0 Å². The summed E-state index contributed by atoms with van der Waals surface area (Å²) in [6.07, 6.45) is 4.07. The highest BCUT2D eigenvalue weighted by molar-refractivity contribution is 8.01. The second kappa shape index (κ2) is 7.55. The zero-order valence-electron chi connectivity index (χ0n) is 15.6. The molecule has 25 heavy (non-hydrogen) atoms. The molecule has 1 aliphatic rings. The first-order chi connectivity index (χ1) is 12.0. The van der Waals surface area contributed by atoms with Gasteiger partial charge in [0.25, 0.3) is 0 Å². The molecule has 0 spiro atoms. The van der Waals surface area contributed by atoms with Crippen LogP contribution in [-0.2, 0) is 5.60 Å². The van der Waals surface area contributed by atoms with E-state index in [1.165, 1.54) is 4.90 Å². The monoisotopic (exact) mass is 354 g/mol. The maximum Gasteiger partial charge on any atom is 0.105 e. The van der Waals surface area contributed by atoms with Gasteiger partial charge in [0, 0.05) is 4.90 Å². The Bertz CT molecular complexity index is 669. The summed E-state index contributed by atoms with van der Waals surface area (Å²) in [7, 11) is 0. The van der Waals surface area contributed by atoms with Crippen LogP contribution in [0.25, 0.3) is 0 Å². The molecule has 2 aromatic rings. The van der Waals surface area contributed by atoms with Crippen LogP contribution in [0.4, 0.5) is 0 Å². The molecule has 0 aromatic heterocycles. The first-order valence-electron chi connectivity index (χ1n) is 9.55. The Morgan fingerprint density at radius 1 is 1.08 bits per heavy atom. The summed E-state index contributed by atoms with van der Waals surface area (Å²) in [5.41, 5.74) is 0.301. The van der Waals surface area contributed by atoms with Crippen LogP contribution in [0, 0.1) is 11.8 Å². The van der Waals surface area contributed by atoms with E-state index in [-0.39, 0.29) is 4.75 Å². The molecule has 1 N–H and O–H groups in total. The van der Waals surface area contributed by atoms with Crippen molar-refractivity contribution in [3.63, 3.8) is 0 Å². The molecular weight excluding hydrogens is 324 g/mol. The fourth-order valence-corrected chi connectivity index (χ4v) is 5.95. The Hall–Kier alpha value is -1.25. The third kappa shape index (κ3) is 3.52. The summed E-state index contributed by atoms with van der Waals surface area (Å²) in [5, 5.41) is 12.1. The Morgan fingerprint density at radius 3 is 2.20 bits per heavy atom. The lowest BCUT2D eigenvalue weighted by molar-refractivity contribution is 0.00837. The highest BCUT2D eigenvalue weighted by atomic mass is 32.2. The van der Waals surface area contributed by atoms with Crippen molar-refractivity contribution in [1.29, 1.82) is 0 Å². The summed E-state index contributed by atoms with van der Waals surface area (Å²) in [6.45, 7) is 6.79. The lowest BCUT2D eigenvalue weighted by atomic mass is 9.81. The van der Waals surface area contributed by atoms with Crippen molar-refractivity contribution in [2.45, 2.75) is 61.7 Å². The molecule has 1 nitrogen and oxygen atoms in total. The number of rotatable bonds is 8. The van der Waals surface area contributed by atoms with E-state index >= 15 is 0 Å². The minimum Gasteiger partial charge on any atom is -0.384 e. The van der Waals surface area contributed by atoms with Crippen molar-refractivity contribution in [1.82, 2.24) is 0 Å². The molecule has 0 amide bonds. The van der Waals surface area contributed by atoms with E-state index in [1.54, 1.807) is 0 Å². The first-order valence-corrected chi connectivity index (χ1v) is 10.4. The van der Waals surface area contributed by atoms with Crippen LogP contribution in [0.15, 0.2) is 65.6 Å². The molecule has 0 unspecified atom stereocenters. The zero-order chi connectivity index (χ0) is 17.9. The van der Waals surface area contributed by atoms with Gasteiger partial charge in [0.15, 0.2) is 0 Å². The molecule has 0 aliphatic heterocycles. The van der Waals surface area contributed by atoms with Gasteiger partial charge in [0.05, 0.1) is 4.75 Å². The number of unbranched alkanes of at least 4 members (excludes halogenated alkanes) is 1. The largest absolute Gasteiger partial charge is 0.384 e. The number of hydrogen-bond donors (Lipinski definition) is 1. The maximum absolute atomic E-state index is 12.1. The molecule has 1 saturated carbocycles. The molecule has 0 bridgehead atoms. The Kier molecular flexibility index (Phi) is 5.60. The SMILES string of the molecule is CCCC[C@@](O)(c1ccccc1)[C@@]1(Sc2ccccc2)C[C@@H]1C(C)C. The second-order valence-electron chi connectivity index (χ2n) is 7.69. The van der Waals surface area contributed by atoms with Crippen molar-refractivity contribution in [2.75, 3.05) is 0 Å². The average molecular weight is 355 g/mol. The molecule has 1 aliphatic carbocycles.